The fourth-order valence-electron chi connectivity index (χ4n) is 1.96. The van der Waals surface area contributed by atoms with Gasteiger partial charge in [0.1, 0.15) is 0 Å². The highest BCUT2D eigenvalue weighted by Gasteiger charge is 2.11. The molecule has 96 valence electrons. The van der Waals surface area contributed by atoms with Gasteiger partial charge in [-0.15, -0.1) is 0 Å². The third kappa shape index (κ3) is 2.74. The zero-order valence-corrected chi connectivity index (χ0v) is 11.7. The normalized spacial score (nSPS) is 12.7. The van der Waals surface area contributed by atoms with E-state index >= 15 is 0 Å². The monoisotopic (exact) mass is 263 g/mol. The molecule has 18 heavy (non-hydrogen) atoms. The van der Waals surface area contributed by atoms with Gasteiger partial charge in [-0.1, -0.05) is 23.7 Å². The van der Waals surface area contributed by atoms with Crippen molar-refractivity contribution in [2.75, 3.05) is 7.05 Å². The molecule has 3 nitrogen and oxygen atoms in total. The van der Waals surface area contributed by atoms with Gasteiger partial charge in [0.05, 0.1) is 12.7 Å². The fraction of sp³-hybridized carbons (Fsp3) is 0.357. The number of rotatable bonds is 4. The molecule has 1 aromatic heterocycles. The first-order valence-corrected chi connectivity index (χ1v) is 6.43. The van der Waals surface area contributed by atoms with Crippen LogP contribution in [-0.2, 0) is 6.54 Å². The van der Waals surface area contributed by atoms with E-state index in [0.29, 0.717) is 6.04 Å². The molecule has 0 spiro atoms. The number of aromatic nitrogens is 2. The van der Waals surface area contributed by atoms with E-state index < -0.39 is 0 Å². The van der Waals surface area contributed by atoms with Gasteiger partial charge in [-0.2, -0.15) is 5.10 Å². The molecule has 2 rings (SSSR count). The molecule has 0 aliphatic carbocycles. The smallest absolute Gasteiger partial charge is 0.0662 e. The van der Waals surface area contributed by atoms with Gasteiger partial charge in [-0.25, -0.2) is 0 Å². The summed E-state index contributed by atoms with van der Waals surface area (Å²) in [5.74, 6) is 0. The summed E-state index contributed by atoms with van der Waals surface area (Å²) in [5.41, 5.74) is 3.65. The van der Waals surface area contributed by atoms with Crippen LogP contribution >= 0.6 is 11.6 Å². The number of nitrogens with one attached hydrogen (secondary N) is 1. The van der Waals surface area contributed by atoms with Crippen molar-refractivity contribution in [2.24, 2.45) is 0 Å². The number of nitrogens with zero attached hydrogens (tertiary/aromatic N) is 2. The Morgan fingerprint density at radius 3 is 2.61 bits per heavy atom. The van der Waals surface area contributed by atoms with Gasteiger partial charge >= 0.3 is 0 Å². The van der Waals surface area contributed by atoms with E-state index in [1.165, 1.54) is 16.8 Å². The van der Waals surface area contributed by atoms with Crippen LogP contribution in [0.15, 0.2) is 30.5 Å². The lowest BCUT2D eigenvalue weighted by Crippen LogP contribution is -2.13. The molecule has 0 fully saturated rings. The lowest BCUT2D eigenvalue weighted by atomic mass is 10.1. The Bertz CT molecular complexity index is 516. The van der Waals surface area contributed by atoms with Crippen LogP contribution in [0.3, 0.4) is 0 Å². The van der Waals surface area contributed by atoms with Gasteiger partial charge in [0.15, 0.2) is 0 Å². The molecule has 1 N–H and O–H groups in total. The Morgan fingerprint density at radius 1 is 1.33 bits per heavy atom. The highest BCUT2D eigenvalue weighted by molar-refractivity contribution is 6.30. The molecule has 1 unspecified atom stereocenters. The van der Waals surface area contributed by atoms with Crippen LogP contribution in [0, 0.1) is 6.92 Å². The highest BCUT2D eigenvalue weighted by Crippen LogP contribution is 2.18. The van der Waals surface area contributed by atoms with Crippen LogP contribution < -0.4 is 5.32 Å². The van der Waals surface area contributed by atoms with Gasteiger partial charge in [0.2, 0.25) is 0 Å². The lowest BCUT2D eigenvalue weighted by molar-refractivity contribution is 0.632. The standard InChI is InChI=1S/C14H18ClN3/c1-10(16-3)14-8-17-18(11(14)2)9-12-4-6-13(15)7-5-12/h4-8,10,16H,9H2,1-3H3. The minimum Gasteiger partial charge on any atom is -0.313 e. The second-order valence-electron chi connectivity index (χ2n) is 4.48. The average molecular weight is 264 g/mol. The van der Waals surface area contributed by atoms with E-state index in [4.69, 9.17) is 11.6 Å². The van der Waals surface area contributed by atoms with Crippen molar-refractivity contribution in [1.82, 2.24) is 15.1 Å². The van der Waals surface area contributed by atoms with Crippen LogP contribution in [0.25, 0.3) is 0 Å². The quantitative estimate of drug-likeness (QED) is 0.918. The largest absolute Gasteiger partial charge is 0.313 e. The Labute approximate surface area is 113 Å². The summed E-state index contributed by atoms with van der Waals surface area (Å²) < 4.78 is 2.02. The fourth-order valence-corrected chi connectivity index (χ4v) is 2.09. The van der Waals surface area contributed by atoms with Crippen LogP contribution in [0.2, 0.25) is 5.02 Å². The van der Waals surface area contributed by atoms with E-state index in [0.717, 1.165) is 11.6 Å². The summed E-state index contributed by atoms with van der Waals surface area (Å²) >= 11 is 5.88. The maximum atomic E-state index is 5.88. The molecule has 4 heteroatoms. The molecule has 1 heterocycles. The number of hydrogen-bond donors (Lipinski definition) is 1. The molecule has 0 bridgehead atoms. The third-order valence-corrected chi connectivity index (χ3v) is 3.54. The average Bonchev–Trinajstić information content (AvgIpc) is 2.73. The second kappa shape index (κ2) is 5.55. The molecule has 0 radical (unpaired) electrons. The molecule has 2 aromatic rings. The van der Waals surface area contributed by atoms with Crippen LogP contribution in [-0.4, -0.2) is 16.8 Å². The minimum atomic E-state index is 0.323. The van der Waals surface area contributed by atoms with Gasteiger partial charge < -0.3 is 5.32 Å². The summed E-state index contributed by atoms with van der Waals surface area (Å²) in [7, 11) is 1.96. The van der Waals surface area contributed by atoms with Crippen molar-refractivity contribution in [2.45, 2.75) is 26.4 Å². The zero-order chi connectivity index (χ0) is 13.1. The molecule has 1 atom stereocenters. The summed E-state index contributed by atoms with van der Waals surface area (Å²) in [6.45, 7) is 5.02. The highest BCUT2D eigenvalue weighted by atomic mass is 35.5. The first kappa shape index (κ1) is 13.1. The van der Waals surface area contributed by atoms with E-state index in [9.17, 15) is 0 Å². The van der Waals surface area contributed by atoms with E-state index in [2.05, 4.69) is 24.3 Å². The van der Waals surface area contributed by atoms with Crippen molar-refractivity contribution in [1.29, 1.82) is 0 Å². The number of hydrogen-bond acceptors (Lipinski definition) is 2. The van der Waals surface area contributed by atoms with Gasteiger partial charge in [0.25, 0.3) is 0 Å². The molecule has 0 aliphatic heterocycles. The number of benzene rings is 1. The third-order valence-electron chi connectivity index (χ3n) is 3.29. The van der Waals surface area contributed by atoms with Crippen molar-refractivity contribution >= 4 is 11.6 Å². The van der Waals surface area contributed by atoms with E-state index in [1.54, 1.807) is 0 Å². The molecule has 0 aliphatic rings. The Balaban J connectivity index is 2.20. The Morgan fingerprint density at radius 2 is 2.00 bits per heavy atom. The predicted octanol–water partition coefficient (Wildman–Crippen LogP) is 3.17. The van der Waals surface area contributed by atoms with Gasteiger partial charge in [-0.05, 0) is 38.6 Å². The van der Waals surface area contributed by atoms with Crippen molar-refractivity contribution in [3.63, 3.8) is 0 Å². The van der Waals surface area contributed by atoms with Gasteiger partial charge in [-0.3, -0.25) is 4.68 Å². The van der Waals surface area contributed by atoms with Crippen LogP contribution in [0.4, 0.5) is 0 Å². The molecule has 0 saturated carbocycles. The first-order valence-electron chi connectivity index (χ1n) is 6.06. The SMILES string of the molecule is CNC(C)c1cnn(Cc2ccc(Cl)cc2)c1C. The van der Waals surface area contributed by atoms with Crippen LogP contribution in [0.5, 0.6) is 0 Å². The van der Waals surface area contributed by atoms with Gasteiger partial charge in [0, 0.05) is 22.3 Å². The molecule has 0 saturated heterocycles. The number of halogens is 1. The second-order valence-corrected chi connectivity index (χ2v) is 4.92. The van der Waals surface area contributed by atoms with Crippen molar-refractivity contribution in [3.05, 3.63) is 52.3 Å². The Hall–Kier alpha value is -1.32. The van der Waals surface area contributed by atoms with Crippen molar-refractivity contribution in [3.8, 4) is 0 Å². The first-order chi connectivity index (χ1) is 8.61. The Kier molecular flexibility index (Phi) is 4.04. The molecule has 0 amide bonds. The lowest BCUT2D eigenvalue weighted by Gasteiger charge is -2.10. The summed E-state index contributed by atoms with van der Waals surface area (Å²) in [4.78, 5) is 0. The maximum Gasteiger partial charge on any atom is 0.0662 e. The summed E-state index contributed by atoms with van der Waals surface area (Å²) in [5, 5.41) is 8.45. The summed E-state index contributed by atoms with van der Waals surface area (Å²) in [6, 6.07) is 8.21. The molecular weight excluding hydrogens is 246 g/mol. The summed E-state index contributed by atoms with van der Waals surface area (Å²) in [6.07, 6.45) is 1.94. The van der Waals surface area contributed by atoms with Crippen molar-refractivity contribution < 1.29 is 0 Å². The molecule has 1 aromatic carbocycles. The zero-order valence-electron chi connectivity index (χ0n) is 10.9. The maximum absolute atomic E-state index is 5.88. The predicted molar refractivity (Wildman–Crippen MR) is 75.0 cm³/mol. The van der Waals surface area contributed by atoms with E-state index in [-0.39, 0.29) is 0 Å². The minimum absolute atomic E-state index is 0.323. The van der Waals surface area contributed by atoms with E-state index in [1.807, 2.05) is 42.2 Å². The molecular formula is C14H18ClN3. The van der Waals surface area contributed by atoms with Crippen LogP contribution in [0.1, 0.15) is 29.8 Å². The topological polar surface area (TPSA) is 29.9 Å².